The number of methoxy groups -OCH3 is 1. The van der Waals surface area contributed by atoms with E-state index in [-0.39, 0.29) is 9.92 Å². The van der Waals surface area contributed by atoms with Crippen LogP contribution in [0.15, 0.2) is 29.6 Å². The summed E-state index contributed by atoms with van der Waals surface area (Å²) >= 11 is 1.14. The number of ether oxygens (including phenoxy) is 1. The van der Waals surface area contributed by atoms with E-state index in [1.54, 1.807) is 18.6 Å². The van der Waals surface area contributed by atoms with Crippen LogP contribution in [-0.4, -0.2) is 12.0 Å². The van der Waals surface area contributed by atoms with Gasteiger partial charge in [-0.25, -0.2) is 0 Å². The van der Waals surface area contributed by atoms with Crippen molar-refractivity contribution in [3.63, 3.8) is 0 Å². The molecular weight excluding hydrogens is 264 g/mol. The lowest BCUT2D eigenvalue weighted by atomic mass is 10.2. The van der Waals surface area contributed by atoms with Gasteiger partial charge in [-0.1, -0.05) is 11.3 Å². The van der Waals surface area contributed by atoms with Gasteiger partial charge in [-0.3, -0.25) is 10.1 Å². The summed E-state index contributed by atoms with van der Waals surface area (Å²) in [5, 5.41) is 15.8. The Bertz CT molecular complexity index is 595. The average Bonchev–Trinajstić information content (AvgIpc) is 2.85. The van der Waals surface area contributed by atoms with E-state index >= 15 is 0 Å². The van der Waals surface area contributed by atoms with Crippen LogP contribution < -0.4 is 10.1 Å². The van der Waals surface area contributed by atoms with Crippen molar-refractivity contribution in [2.75, 3.05) is 12.4 Å². The Balaban J connectivity index is 2.01. The molecule has 2 aromatic rings. The van der Waals surface area contributed by atoms with Crippen LogP contribution in [0.25, 0.3) is 0 Å². The maximum Gasteiger partial charge on any atom is 0.324 e. The number of benzene rings is 1. The van der Waals surface area contributed by atoms with Gasteiger partial charge in [0.25, 0.3) is 0 Å². The van der Waals surface area contributed by atoms with E-state index in [1.807, 2.05) is 25.1 Å². The molecule has 0 aliphatic carbocycles. The predicted molar refractivity (Wildman–Crippen MR) is 76.0 cm³/mol. The van der Waals surface area contributed by atoms with Crippen molar-refractivity contribution < 1.29 is 9.66 Å². The SMILES string of the molecule is COc1ccc(NCc2csc([N+](=O)[O-])c2)cc1C. The van der Waals surface area contributed by atoms with Crippen molar-refractivity contribution in [1.82, 2.24) is 0 Å². The molecule has 0 saturated heterocycles. The second kappa shape index (κ2) is 5.71. The fourth-order valence-electron chi connectivity index (χ4n) is 1.74. The third-order valence-corrected chi connectivity index (χ3v) is 3.64. The first-order valence-electron chi connectivity index (χ1n) is 5.70. The van der Waals surface area contributed by atoms with E-state index in [1.165, 1.54) is 0 Å². The molecule has 100 valence electrons. The lowest BCUT2D eigenvalue weighted by Crippen LogP contribution is -1.99. The number of thiophene rings is 1. The first kappa shape index (κ1) is 13.4. The van der Waals surface area contributed by atoms with E-state index < -0.39 is 0 Å². The van der Waals surface area contributed by atoms with Gasteiger partial charge in [-0.15, -0.1) is 0 Å². The number of nitrogens with zero attached hydrogens (tertiary/aromatic N) is 1. The molecule has 0 unspecified atom stereocenters. The summed E-state index contributed by atoms with van der Waals surface area (Å²) in [5.74, 6) is 0.844. The molecule has 1 heterocycles. The molecule has 1 aromatic heterocycles. The summed E-state index contributed by atoms with van der Waals surface area (Å²) < 4.78 is 5.19. The van der Waals surface area contributed by atoms with E-state index in [0.717, 1.165) is 33.9 Å². The largest absolute Gasteiger partial charge is 0.496 e. The smallest absolute Gasteiger partial charge is 0.324 e. The van der Waals surface area contributed by atoms with Crippen LogP contribution in [0.2, 0.25) is 0 Å². The fraction of sp³-hybridized carbons (Fsp3) is 0.231. The molecule has 2 rings (SSSR count). The van der Waals surface area contributed by atoms with Crippen molar-refractivity contribution in [1.29, 1.82) is 0 Å². The highest BCUT2D eigenvalue weighted by Crippen LogP contribution is 2.25. The van der Waals surface area contributed by atoms with Crippen molar-refractivity contribution >= 4 is 22.0 Å². The Morgan fingerprint density at radius 1 is 1.42 bits per heavy atom. The van der Waals surface area contributed by atoms with Crippen LogP contribution in [0, 0.1) is 17.0 Å². The summed E-state index contributed by atoms with van der Waals surface area (Å²) in [4.78, 5) is 10.2. The highest BCUT2D eigenvalue weighted by atomic mass is 32.1. The van der Waals surface area contributed by atoms with Gasteiger partial charge in [-0.05, 0) is 36.2 Å². The minimum Gasteiger partial charge on any atom is -0.496 e. The van der Waals surface area contributed by atoms with Crippen LogP contribution in [0.5, 0.6) is 5.75 Å². The van der Waals surface area contributed by atoms with Crippen molar-refractivity contribution in [3.8, 4) is 5.75 Å². The fourth-order valence-corrected chi connectivity index (χ4v) is 2.47. The molecule has 6 heteroatoms. The van der Waals surface area contributed by atoms with Crippen molar-refractivity contribution in [3.05, 3.63) is 50.9 Å². The number of rotatable bonds is 5. The van der Waals surface area contributed by atoms with Gasteiger partial charge in [0.2, 0.25) is 0 Å². The Morgan fingerprint density at radius 3 is 2.79 bits per heavy atom. The van der Waals surface area contributed by atoms with Crippen LogP contribution in [-0.2, 0) is 6.54 Å². The van der Waals surface area contributed by atoms with Gasteiger partial charge < -0.3 is 10.1 Å². The molecule has 0 spiro atoms. The van der Waals surface area contributed by atoms with Gasteiger partial charge >= 0.3 is 5.00 Å². The Labute approximate surface area is 115 Å². The lowest BCUT2D eigenvalue weighted by Gasteiger charge is -2.09. The van der Waals surface area contributed by atoms with Crippen LogP contribution in [0.4, 0.5) is 10.7 Å². The summed E-state index contributed by atoms with van der Waals surface area (Å²) in [5.41, 5.74) is 2.92. The molecule has 0 fully saturated rings. The maximum atomic E-state index is 10.6. The molecule has 5 nitrogen and oxygen atoms in total. The molecule has 0 aliphatic rings. The second-order valence-corrected chi connectivity index (χ2v) is 4.98. The number of aryl methyl sites for hydroxylation is 1. The van der Waals surface area contributed by atoms with E-state index in [2.05, 4.69) is 5.32 Å². The topological polar surface area (TPSA) is 64.4 Å². The predicted octanol–water partition coefficient (Wildman–Crippen LogP) is 3.59. The quantitative estimate of drug-likeness (QED) is 0.670. The summed E-state index contributed by atoms with van der Waals surface area (Å²) in [6.07, 6.45) is 0. The summed E-state index contributed by atoms with van der Waals surface area (Å²) in [6.45, 7) is 2.54. The minimum atomic E-state index is -0.369. The third kappa shape index (κ3) is 3.23. The van der Waals surface area contributed by atoms with Gasteiger partial charge in [0.1, 0.15) is 5.75 Å². The van der Waals surface area contributed by atoms with E-state index in [4.69, 9.17) is 4.74 Å². The van der Waals surface area contributed by atoms with Gasteiger partial charge in [0.15, 0.2) is 0 Å². The molecular formula is C13H14N2O3S. The Hall–Kier alpha value is -2.08. The third-order valence-electron chi connectivity index (χ3n) is 2.71. The molecule has 19 heavy (non-hydrogen) atoms. The maximum absolute atomic E-state index is 10.6. The van der Waals surface area contributed by atoms with Gasteiger partial charge in [0, 0.05) is 23.7 Å². The Morgan fingerprint density at radius 2 is 2.21 bits per heavy atom. The van der Waals surface area contributed by atoms with E-state index in [9.17, 15) is 10.1 Å². The van der Waals surface area contributed by atoms with Crippen LogP contribution in [0.1, 0.15) is 11.1 Å². The van der Waals surface area contributed by atoms with Crippen molar-refractivity contribution in [2.45, 2.75) is 13.5 Å². The molecule has 1 aromatic carbocycles. The number of anilines is 1. The highest BCUT2D eigenvalue weighted by Gasteiger charge is 2.09. The average molecular weight is 278 g/mol. The monoisotopic (exact) mass is 278 g/mol. The van der Waals surface area contributed by atoms with Gasteiger partial charge in [-0.2, -0.15) is 0 Å². The Kier molecular flexibility index (Phi) is 4.01. The normalized spacial score (nSPS) is 10.2. The molecule has 0 atom stereocenters. The standard InChI is InChI=1S/C13H14N2O3S/c1-9-5-11(3-4-12(9)18-2)14-7-10-6-13(15(16)17)19-8-10/h3-6,8,14H,7H2,1-2H3. The lowest BCUT2D eigenvalue weighted by molar-refractivity contribution is -0.380. The first-order chi connectivity index (χ1) is 9.10. The zero-order valence-electron chi connectivity index (χ0n) is 10.7. The number of nitro groups is 1. The molecule has 0 bridgehead atoms. The number of hydrogen-bond acceptors (Lipinski definition) is 5. The zero-order chi connectivity index (χ0) is 13.8. The molecule has 0 amide bonds. The number of hydrogen-bond donors (Lipinski definition) is 1. The van der Waals surface area contributed by atoms with E-state index in [0.29, 0.717) is 6.54 Å². The summed E-state index contributed by atoms with van der Waals surface area (Å²) in [6, 6.07) is 7.40. The molecule has 0 aliphatic heterocycles. The highest BCUT2D eigenvalue weighted by molar-refractivity contribution is 7.13. The summed E-state index contributed by atoms with van der Waals surface area (Å²) in [7, 11) is 1.64. The van der Waals surface area contributed by atoms with Crippen LogP contribution in [0.3, 0.4) is 0 Å². The van der Waals surface area contributed by atoms with Crippen LogP contribution >= 0.6 is 11.3 Å². The van der Waals surface area contributed by atoms with Gasteiger partial charge in [0.05, 0.1) is 12.0 Å². The minimum absolute atomic E-state index is 0.169. The first-order valence-corrected chi connectivity index (χ1v) is 6.58. The number of nitrogens with one attached hydrogen (secondary N) is 1. The molecule has 0 radical (unpaired) electrons. The molecule has 0 saturated carbocycles. The van der Waals surface area contributed by atoms with Crippen molar-refractivity contribution in [2.24, 2.45) is 0 Å². The zero-order valence-corrected chi connectivity index (χ0v) is 11.5. The molecule has 1 N–H and O–H groups in total. The second-order valence-electron chi connectivity index (χ2n) is 4.09.